The molecule has 3 aromatic carbocycles. The molecule has 0 aliphatic carbocycles. The standard InChI is InChI=1S/C31H32ClNO2/c1-2-28(25-13-16-29-26(21-25)22-30(32)35-29)31(23-9-5-3-6-10-23)24-11-14-27(15-12-24)34-20-19-33-17-7-4-8-18-33/h3,5-6,9-16,21-22H,2,4,7-8,17-20H2,1H3. The normalized spacial score (nSPS) is 15.3. The second-order valence-corrected chi connectivity index (χ2v) is 9.52. The molecule has 1 aromatic heterocycles. The highest BCUT2D eigenvalue weighted by molar-refractivity contribution is 6.29. The fourth-order valence-corrected chi connectivity index (χ4v) is 5.24. The molecule has 35 heavy (non-hydrogen) atoms. The number of allylic oxidation sites excluding steroid dienone is 1. The summed E-state index contributed by atoms with van der Waals surface area (Å²) in [5.41, 5.74) is 6.89. The van der Waals surface area contributed by atoms with E-state index in [4.69, 9.17) is 20.8 Å². The number of likely N-dealkylation sites (tertiary alicyclic amines) is 1. The molecular weight excluding hydrogens is 454 g/mol. The van der Waals surface area contributed by atoms with Gasteiger partial charge in [-0.3, -0.25) is 4.90 Å². The third kappa shape index (κ3) is 5.63. The van der Waals surface area contributed by atoms with Gasteiger partial charge in [0.05, 0.1) is 0 Å². The molecule has 0 atom stereocenters. The Balaban J connectivity index is 1.44. The zero-order chi connectivity index (χ0) is 24.0. The number of nitrogens with zero attached hydrogens (tertiary/aromatic N) is 1. The predicted molar refractivity (Wildman–Crippen MR) is 146 cm³/mol. The van der Waals surface area contributed by atoms with Crippen LogP contribution in [0.15, 0.2) is 83.3 Å². The first-order valence-electron chi connectivity index (χ1n) is 12.6. The first-order chi connectivity index (χ1) is 17.2. The van der Waals surface area contributed by atoms with Crippen molar-refractivity contribution in [3.05, 3.63) is 101 Å². The summed E-state index contributed by atoms with van der Waals surface area (Å²) in [5, 5.41) is 1.43. The van der Waals surface area contributed by atoms with Gasteiger partial charge in [0.15, 0.2) is 5.22 Å². The molecule has 0 bridgehead atoms. The fourth-order valence-electron chi connectivity index (χ4n) is 5.04. The second-order valence-electron chi connectivity index (χ2n) is 9.15. The van der Waals surface area contributed by atoms with Gasteiger partial charge in [-0.1, -0.05) is 61.9 Å². The smallest absolute Gasteiger partial charge is 0.194 e. The van der Waals surface area contributed by atoms with Crippen LogP contribution in [0.2, 0.25) is 5.22 Å². The molecule has 4 heteroatoms. The maximum absolute atomic E-state index is 6.11. The number of piperidine rings is 1. The predicted octanol–water partition coefficient (Wildman–Crippen LogP) is 8.32. The van der Waals surface area contributed by atoms with Crippen LogP contribution in [0.3, 0.4) is 0 Å². The summed E-state index contributed by atoms with van der Waals surface area (Å²) in [4.78, 5) is 2.51. The Bertz CT molecular complexity index is 1280. The third-order valence-corrected chi connectivity index (χ3v) is 7.01. The van der Waals surface area contributed by atoms with Crippen LogP contribution in [0.1, 0.15) is 49.3 Å². The van der Waals surface area contributed by atoms with E-state index in [1.807, 2.05) is 12.1 Å². The molecule has 0 saturated carbocycles. The quantitative estimate of drug-likeness (QED) is 0.234. The van der Waals surface area contributed by atoms with Crippen LogP contribution in [0.5, 0.6) is 5.75 Å². The number of benzene rings is 3. The number of fused-ring (bicyclic) bond motifs is 1. The van der Waals surface area contributed by atoms with Gasteiger partial charge in [-0.25, -0.2) is 0 Å². The molecule has 0 radical (unpaired) electrons. The average molecular weight is 486 g/mol. The van der Waals surface area contributed by atoms with Crippen molar-refractivity contribution < 1.29 is 9.15 Å². The molecule has 1 fully saturated rings. The molecule has 1 aliphatic rings. The van der Waals surface area contributed by atoms with E-state index < -0.39 is 0 Å². The first kappa shape index (κ1) is 23.7. The minimum Gasteiger partial charge on any atom is -0.492 e. The second kappa shape index (κ2) is 11.2. The van der Waals surface area contributed by atoms with Crippen molar-refractivity contribution in [2.24, 2.45) is 0 Å². The molecule has 0 N–H and O–H groups in total. The Morgan fingerprint density at radius 1 is 0.857 bits per heavy atom. The Hall–Kier alpha value is -3.01. The average Bonchev–Trinajstić information content (AvgIpc) is 3.28. The van der Waals surface area contributed by atoms with Gasteiger partial charge in [-0.05, 0) is 96.1 Å². The fraction of sp³-hybridized carbons (Fsp3) is 0.290. The Kier molecular flexibility index (Phi) is 7.56. The molecule has 0 spiro atoms. The maximum Gasteiger partial charge on any atom is 0.194 e. The molecule has 0 amide bonds. The molecule has 2 heterocycles. The Labute approximate surface area is 213 Å². The number of furan rings is 1. The Morgan fingerprint density at radius 2 is 1.57 bits per heavy atom. The van der Waals surface area contributed by atoms with E-state index in [1.165, 1.54) is 60.2 Å². The molecule has 1 aliphatic heterocycles. The Morgan fingerprint density at radius 3 is 2.31 bits per heavy atom. The zero-order valence-electron chi connectivity index (χ0n) is 20.3. The molecule has 1 saturated heterocycles. The highest BCUT2D eigenvalue weighted by atomic mass is 35.5. The lowest BCUT2D eigenvalue weighted by atomic mass is 9.88. The molecule has 3 nitrogen and oxygen atoms in total. The highest BCUT2D eigenvalue weighted by Gasteiger charge is 2.15. The zero-order valence-corrected chi connectivity index (χ0v) is 21.1. The van der Waals surface area contributed by atoms with Gasteiger partial charge in [-0.2, -0.15) is 0 Å². The van der Waals surface area contributed by atoms with Crippen LogP contribution in [0, 0.1) is 0 Å². The van der Waals surface area contributed by atoms with Crippen molar-refractivity contribution in [1.29, 1.82) is 0 Å². The summed E-state index contributed by atoms with van der Waals surface area (Å²) < 4.78 is 11.7. The van der Waals surface area contributed by atoms with E-state index in [1.54, 1.807) is 0 Å². The summed E-state index contributed by atoms with van der Waals surface area (Å²) in [6.45, 7) is 6.34. The third-order valence-electron chi connectivity index (χ3n) is 6.82. The van der Waals surface area contributed by atoms with Crippen LogP contribution in [0.25, 0.3) is 22.1 Å². The van der Waals surface area contributed by atoms with Crippen molar-refractivity contribution in [3.63, 3.8) is 0 Å². The minimum absolute atomic E-state index is 0.415. The summed E-state index contributed by atoms with van der Waals surface area (Å²) in [6, 6.07) is 27.4. The van der Waals surface area contributed by atoms with Crippen molar-refractivity contribution in [2.45, 2.75) is 32.6 Å². The van der Waals surface area contributed by atoms with E-state index in [9.17, 15) is 0 Å². The van der Waals surface area contributed by atoms with Crippen LogP contribution in [-0.4, -0.2) is 31.1 Å². The summed E-state index contributed by atoms with van der Waals surface area (Å²) in [5.74, 6) is 0.922. The monoisotopic (exact) mass is 485 g/mol. The van der Waals surface area contributed by atoms with Crippen molar-refractivity contribution >= 4 is 33.7 Å². The van der Waals surface area contributed by atoms with Gasteiger partial charge < -0.3 is 9.15 Å². The summed E-state index contributed by atoms with van der Waals surface area (Å²) in [7, 11) is 0. The summed E-state index contributed by atoms with van der Waals surface area (Å²) >= 11 is 6.11. The maximum atomic E-state index is 6.11. The number of hydrogen-bond acceptors (Lipinski definition) is 3. The lowest BCUT2D eigenvalue weighted by molar-refractivity contribution is 0.183. The molecule has 0 unspecified atom stereocenters. The van der Waals surface area contributed by atoms with Gasteiger partial charge in [0.2, 0.25) is 0 Å². The molecule has 4 aromatic rings. The lowest BCUT2D eigenvalue weighted by Gasteiger charge is -2.26. The SMILES string of the molecule is CCC(=C(c1ccccc1)c1ccc(OCCN2CCCCC2)cc1)c1ccc2oc(Cl)cc2c1. The topological polar surface area (TPSA) is 25.6 Å². The van der Waals surface area contributed by atoms with E-state index >= 15 is 0 Å². The largest absolute Gasteiger partial charge is 0.492 e. The number of halogens is 1. The molecular formula is C31H32ClNO2. The van der Waals surface area contributed by atoms with Crippen LogP contribution < -0.4 is 4.74 Å². The van der Waals surface area contributed by atoms with E-state index in [0.717, 1.165) is 36.3 Å². The van der Waals surface area contributed by atoms with Crippen molar-refractivity contribution in [1.82, 2.24) is 4.90 Å². The van der Waals surface area contributed by atoms with Crippen LogP contribution in [-0.2, 0) is 0 Å². The van der Waals surface area contributed by atoms with E-state index in [2.05, 4.69) is 78.6 Å². The van der Waals surface area contributed by atoms with Crippen LogP contribution in [0.4, 0.5) is 0 Å². The van der Waals surface area contributed by atoms with Gasteiger partial charge in [0.1, 0.15) is 17.9 Å². The lowest BCUT2D eigenvalue weighted by Crippen LogP contribution is -2.33. The number of ether oxygens (including phenoxy) is 1. The number of hydrogen-bond donors (Lipinski definition) is 0. The van der Waals surface area contributed by atoms with Crippen molar-refractivity contribution in [2.75, 3.05) is 26.2 Å². The van der Waals surface area contributed by atoms with E-state index in [-0.39, 0.29) is 0 Å². The minimum atomic E-state index is 0.415. The molecule has 5 rings (SSSR count). The molecule has 180 valence electrons. The van der Waals surface area contributed by atoms with Gasteiger partial charge in [0.25, 0.3) is 0 Å². The van der Waals surface area contributed by atoms with Gasteiger partial charge in [-0.15, -0.1) is 0 Å². The van der Waals surface area contributed by atoms with Crippen molar-refractivity contribution in [3.8, 4) is 5.75 Å². The summed E-state index contributed by atoms with van der Waals surface area (Å²) in [6.07, 6.45) is 4.88. The highest BCUT2D eigenvalue weighted by Crippen LogP contribution is 2.36. The van der Waals surface area contributed by atoms with Gasteiger partial charge >= 0.3 is 0 Å². The first-order valence-corrected chi connectivity index (χ1v) is 13.0. The van der Waals surface area contributed by atoms with E-state index in [0.29, 0.717) is 5.22 Å². The van der Waals surface area contributed by atoms with Gasteiger partial charge in [0, 0.05) is 18.0 Å². The number of rotatable bonds is 8. The van der Waals surface area contributed by atoms with Crippen LogP contribution >= 0.6 is 11.6 Å².